The van der Waals surface area contributed by atoms with Crippen LogP contribution in [0, 0.1) is 0 Å². The van der Waals surface area contributed by atoms with Crippen LogP contribution in [0.3, 0.4) is 0 Å². The predicted octanol–water partition coefficient (Wildman–Crippen LogP) is -1.41. The van der Waals surface area contributed by atoms with Gasteiger partial charge in [0.2, 0.25) is 5.91 Å². The molecule has 1 heterocycles. The maximum absolute atomic E-state index is 11.3. The Hall–Kier alpha value is -0.620. The number of rotatable bonds is 1. The molecule has 13 heavy (non-hydrogen) atoms. The fourth-order valence-corrected chi connectivity index (χ4v) is 2.42. The monoisotopic (exact) mass is 206 g/mol. The lowest BCUT2D eigenvalue weighted by atomic mass is 10.3. The van der Waals surface area contributed by atoms with E-state index in [0.717, 1.165) is 0 Å². The van der Waals surface area contributed by atoms with Crippen LogP contribution in [0.1, 0.15) is 6.92 Å². The first kappa shape index (κ1) is 10.5. The van der Waals surface area contributed by atoms with Crippen LogP contribution in [-0.4, -0.2) is 49.9 Å². The number of sulfone groups is 1. The summed E-state index contributed by atoms with van der Waals surface area (Å²) in [4.78, 5) is 12.8. The highest BCUT2D eigenvalue weighted by atomic mass is 32.2. The molecular weight excluding hydrogens is 192 g/mol. The van der Waals surface area contributed by atoms with Gasteiger partial charge in [-0.15, -0.1) is 0 Å². The highest BCUT2D eigenvalue weighted by Gasteiger charge is 2.26. The first-order valence-electron chi connectivity index (χ1n) is 4.17. The van der Waals surface area contributed by atoms with Crippen LogP contribution in [0.4, 0.5) is 0 Å². The third-order valence-electron chi connectivity index (χ3n) is 2.05. The number of nitrogens with two attached hydrogens (primary N) is 1. The molecule has 6 heteroatoms. The summed E-state index contributed by atoms with van der Waals surface area (Å²) in [5.41, 5.74) is 5.39. The van der Waals surface area contributed by atoms with E-state index in [1.807, 2.05) is 0 Å². The van der Waals surface area contributed by atoms with Crippen LogP contribution < -0.4 is 5.73 Å². The van der Waals surface area contributed by atoms with Gasteiger partial charge in [0.05, 0.1) is 17.5 Å². The van der Waals surface area contributed by atoms with E-state index in [2.05, 4.69) is 0 Å². The highest BCUT2D eigenvalue weighted by Crippen LogP contribution is 2.04. The van der Waals surface area contributed by atoms with Gasteiger partial charge in [-0.3, -0.25) is 4.79 Å². The van der Waals surface area contributed by atoms with Crippen molar-refractivity contribution >= 4 is 15.7 Å². The summed E-state index contributed by atoms with van der Waals surface area (Å²) in [7, 11) is -2.91. The van der Waals surface area contributed by atoms with E-state index in [0.29, 0.717) is 0 Å². The van der Waals surface area contributed by atoms with Crippen molar-refractivity contribution in [1.82, 2.24) is 4.90 Å². The summed E-state index contributed by atoms with van der Waals surface area (Å²) in [5.74, 6) is -0.0494. The van der Waals surface area contributed by atoms with Crippen molar-refractivity contribution in [3.8, 4) is 0 Å². The second kappa shape index (κ2) is 3.63. The lowest BCUT2D eigenvalue weighted by Gasteiger charge is -2.27. The summed E-state index contributed by atoms with van der Waals surface area (Å²) in [6.45, 7) is 2.16. The van der Waals surface area contributed by atoms with Crippen LogP contribution in [-0.2, 0) is 14.6 Å². The van der Waals surface area contributed by atoms with E-state index in [9.17, 15) is 13.2 Å². The summed E-state index contributed by atoms with van der Waals surface area (Å²) in [5, 5.41) is 0. The Labute approximate surface area is 77.8 Å². The first-order valence-corrected chi connectivity index (χ1v) is 5.99. The van der Waals surface area contributed by atoms with E-state index in [1.54, 1.807) is 6.92 Å². The fourth-order valence-electron chi connectivity index (χ4n) is 1.22. The Morgan fingerprint density at radius 3 is 2.23 bits per heavy atom. The average molecular weight is 206 g/mol. The molecule has 1 fully saturated rings. The highest BCUT2D eigenvalue weighted by molar-refractivity contribution is 7.91. The van der Waals surface area contributed by atoms with Crippen LogP contribution in [0.25, 0.3) is 0 Å². The smallest absolute Gasteiger partial charge is 0.239 e. The molecule has 1 amide bonds. The minimum atomic E-state index is -2.91. The van der Waals surface area contributed by atoms with Crippen molar-refractivity contribution in [2.45, 2.75) is 13.0 Å². The zero-order chi connectivity index (χ0) is 10.1. The van der Waals surface area contributed by atoms with Crippen molar-refractivity contribution in [2.75, 3.05) is 24.6 Å². The molecule has 0 radical (unpaired) electrons. The minimum absolute atomic E-state index is 0.0610. The number of carbonyl (C=O) groups excluding carboxylic acids is 1. The summed E-state index contributed by atoms with van der Waals surface area (Å²) >= 11 is 0. The van der Waals surface area contributed by atoms with E-state index >= 15 is 0 Å². The van der Waals surface area contributed by atoms with Crippen molar-refractivity contribution < 1.29 is 13.2 Å². The Morgan fingerprint density at radius 1 is 1.38 bits per heavy atom. The number of carbonyl (C=O) groups is 1. The van der Waals surface area contributed by atoms with Gasteiger partial charge in [-0.1, -0.05) is 0 Å². The van der Waals surface area contributed by atoms with Gasteiger partial charge in [-0.2, -0.15) is 0 Å². The molecule has 1 aliphatic heterocycles. The molecule has 0 bridgehead atoms. The molecule has 1 rings (SSSR count). The summed E-state index contributed by atoms with van der Waals surface area (Å²) < 4.78 is 22.0. The molecule has 1 atom stereocenters. The van der Waals surface area contributed by atoms with Gasteiger partial charge in [0.15, 0.2) is 9.84 Å². The van der Waals surface area contributed by atoms with Gasteiger partial charge < -0.3 is 10.6 Å². The molecule has 2 N–H and O–H groups in total. The van der Waals surface area contributed by atoms with Gasteiger partial charge in [-0.05, 0) is 6.92 Å². The van der Waals surface area contributed by atoms with Crippen molar-refractivity contribution in [3.05, 3.63) is 0 Å². The van der Waals surface area contributed by atoms with Gasteiger partial charge in [0.1, 0.15) is 0 Å². The van der Waals surface area contributed by atoms with E-state index in [-0.39, 0.29) is 30.5 Å². The molecule has 0 aromatic heterocycles. The third-order valence-corrected chi connectivity index (χ3v) is 3.65. The van der Waals surface area contributed by atoms with Gasteiger partial charge in [0.25, 0.3) is 0 Å². The summed E-state index contributed by atoms with van der Waals surface area (Å²) in [6, 6.07) is -0.541. The molecule has 0 spiro atoms. The standard InChI is InChI=1S/C7H14N2O3S/c1-6(8)7(10)9-2-4-13(11,12)5-3-9/h6H,2-5,8H2,1H3/t6-/m1/s1. The second-order valence-corrected chi connectivity index (χ2v) is 5.57. The lowest BCUT2D eigenvalue weighted by molar-refractivity contribution is -0.131. The van der Waals surface area contributed by atoms with Crippen LogP contribution >= 0.6 is 0 Å². The molecule has 1 saturated heterocycles. The Kier molecular flexibility index (Phi) is 2.92. The van der Waals surface area contributed by atoms with Crippen molar-refractivity contribution in [1.29, 1.82) is 0 Å². The van der Waals surface area contributed by atoms with Crippen molar-refractivity contribution in [3.63, 3.8) is 0 Å². The number of hydrogen-bond acceptors (Lipinski definition) is 4. The van der Waals surface area contributed by atoms with Gasteiger partial charge in [0, 0.05) is 13.1 Å². The number of hydrogen-bond donors (Lipinski definition) is 1. The minimum Gasteiger partial charge on any atom is -0.339 e. The van der Waals surface area contributed by atoms with Crippen LogP contribution in [0.2, 0.25) is 0 Å². The Morgan fingerprint density at radius 2 is 1.85 bits per heavy atom. The second-order valence-electron chi connectivity index (χ2n) is 3.27. The van der Waals surface area contributed by atoms with E-state index in [1.165, 1.54) is 4.90 Å². The molecular formula is C7H14N2O3S. The van der Waals surface area contributed by atoms with Gasteiger partial charge >= 0.3 is 0 Å². The summed E-state index contributed by atoms with van der Waals surface area (Å²) in [6.07, 6.45) is 0. The zero-order valence-electron chi connectivity index (χ0n) is 7.56. The average Bonchev–Trinajstić information content (AvgIpc) is 2.03. The Balaban J connectivity index is 2.55. The molecule has 1 aliphatic rings. The normalized spacial score (nSPS) is 24.0. The molecule has 0 aliphatic carbocycles. The SMILES string of the molecule is C[C@@H](N)C(=O)N1CCS(=O)(=O)CC1. The first-order chi connectivity index (χ1) is 5.92. The molecule has 0 aromatic carbocycles. The molecule has 5 nitrogen and oxygen atoms in total. The fraction of sp³-hybridized carbons (Fsp3) is 0.857. The zero-order valence-corrected chi connectivity index (χ0v) is 8.38. The molecule has 0 saturated carbocycles. The Bertz CT molecular complexity index is 283. The maximum Gasteiger partial charge on any atom is 0.239 e. The topological polar surface area (TPSA) is 80.5 Å². The number of amides is 1. The van der Waals surface area contributed by atoms with Crippen LogP contribution in [0.15, 0.2) is 0 Å². The quantitative estimate of drug-likeness (QED) is 0.571. The molecule has 0 aromatic rings. The lowest BCUT2D eigenvalue weighted by Crippen LogP contribution is -2.49. The van der Waals surface area contributed by atoms with Crippen LogP contribution in [0.5, 0.6) is 0 Å². The molecule has 0 unspecified atom stereocenters. The molecule has 76 valence electrons. The van der Waals surface area contributed by atoms with E-state index < -0.39 is 15.9 Å². The maximum atomic E-state index is 11.3. The predicted molar refractivity (Wildman–Crippen MR) is 48.9 cm³/mol. The van der Waals surface area contributed by atoms with Crippen molar-refractivity contribution in [2.24, 2.45) is 5.73 Å². The van der Waals surface area contributed by atoms with E-state index in [4.69, 9.17) is 5.73 Å². The largest absolute Gasteiger partial charge is 0.339 e. The third kappa shape index (κ3) is 2.67. The number of nitrogens with zero attached hydrogens (tertiary/aromatic N) is 1. The van der Waals surface area contributed by atoms with Gasteiger partial charge in [-0.25, -0.2) is 8.42 Å².